The SMILES string of the molecule is COc1cccc(N2CCN(C(=O)O)[C@H](C(C)(C)C)C2C)c1. The first-order valence-corrected chi connectivity index (χ1v) is 7.66. The molecule has 1 aliphatic heterocycles. The lowest BCUT2D eigenvalue weighted by Gasteiger charge is -2.51. The van der Waals surface area contributed by atoms with Crippen LogP contribution in [0.25, 0.3) is 0 Å². The summed E-state index contributed by atoms with van der Waals surface area (Å²) in [7, 11) is 1.66. The first-order valence-electron chi connectivity index (χ1n) is 7.66. The van der Waals surface area contributed by atoms with E-state index < -0.39 is 6.09 Å². The average molecular weight is 306 g/mol. The molecule has 1 aromatic carbocycles. The van der Waals surface area contributed by atoms with Gasteiger partial charge in [0.1, 0.15) is 5.75 Å². The lowest BCUT2D eigenvalue weighted by Crippen LogP contribution is -2.64. The van der Waals surface area contributed by atoms with E-state index >= 15 is 0 Å². The molecule has 2 atom stereocenters. The van der Waals surface area contributed by atoms with Crippen molar-refractivity contribution in [1.82, 2.24) is 4.90 Å². The number of carbonyl (C=O) groups is 1. The first kappa shape index (κ1) is 16.5. The van der Waals surface area contributed by atoms with E-state index in [1.54, 1.807) is 12.0 Å². The van der Waals surface area contributed by atoms with Gasteiger partial charge in [0.2, 0.25) is 0 Å². The van der Waals surface area contributed by atoms with Crippen molar-refractivity contribution in [3.63, 3.8) is 0 Å². The number of ether oxygens (including phenoxy) is 1. The molecule has 0 aromatic heterocycles. The predicted octanol–water partition coefficient (Wildman–Crippen LogP) is 3.30. The highest BCUT2D eigenvalue weighted by Crippen LogP contribution is 2.35. The summed E-state index contributed by atoms with van der Waals surface area (Å²) in [4.78, 5) is 15.4. The van der Waals surface area contributed by atoms with Gasteiger partial charge in [-0.15, -0.1) is 0 Å². The second-order valence-corrected chi connectivity index (χ2v) is 6.92. The Bertz CT molecular complexity index is 539. The van der Waals surface area contributed by atoms with Crippen molar-refractivity contribution in [1.29, 1.82) is 0 Å². The van der Waals surface area contributed by atoms with Crippen LogP contribution in [-0.4, -0.2) is 48.4 Å². The minimum absolute atomic E-state index is 0.0649. The molecule has 1 amide bonds. The van der Waals surface area contributed by atoms with Crippen LogP contribution in [0.15, 0.2) is 24.3 Å². The number of hydrogen-bond donors (Lipinski definition) is 1. The van der Waals surface area contributed by atoms with Gasteiger partial charge in [-0.1, -0.05) is 26.8 Å². The van der Waals surface area contributed by atoms with Gasteiger partial charge in [-0.05, 0) is 24.5 Å². The normalized spacial score (nSPS) is 22.6. The minimum atomic E-state index is -0.836. The third-order valence-corrected chi connectivity index (χ3v) is 4.38. The molecule has 0 bridgehead atoms. The molecule has 1 N–H and O–H groups in total. The van der Waals surface area contributed by atoms with Crippen LogP contribution >= 0.6 is 0 Å². The molecule has 1 unspecified atom stereocenters. The van der Waals surface area contributed by atoms with E-state index in [-0.39, 0.29) is 17.5 Å². The van der Waals surface area contributed by atoms with Crippen molar-refractivity contribution < 1.29 is 14.6 Å². The van der Waals surface area contributed by atoms with Gasteiger partial charge in [-0.3, -0.25) is 0 Å². The zero-order valence-electron chi connectivity index (χ0n) is 14.0. The van der Waals surface area contributed by atoms with E-state index in [1.807, 2.05) is 18.2 Å². The van der Waals surface area contributed by atoms with E-state index in [1.165, 1.54) is 0 Å². The largest absolute Gasteiger partial charge is 0.497 e. The molecule has 0 aliphatic carbocycles. The second-order valence-electron chi connectivity index (χ2n) is 6.92. The summed E-state index contributed by atoms with van der Waals surface area (Å²) in [6, 6.07) is 7.98. The molecule has 5 nitrogen and oxygen atoms in total. The molecule has 22 heavy (non-hydrogen) atoms. The second kappa shape index (κ2) is 6.07. The molecule has 1 aliphatic rings. The predicted molar refractivity (Wildman–Crippen MR) is 87.8 cm³/mol. The van der Waals surface area contributed by atoms with Crippen molar-refractivity contribution >= 4 is 11.8 Å². The zero-order valence-corrected chi connectivity index (χ0v) is 14.0. The van der Waals surface area contributed by atoms with E-state index in [4.69, 9.17) is 4.74 Å². The van der Waals surface area contributed by atoms with Crippen LogP contribution in [0.1, 0.15) is 27.7 Å². The Morgan fingerprint density at radius 1 is 1.32 bits per heavy atom. The van der Waals surface area contributed by atoms with Gasteiger partial charge in [-0.25, -0.2) is 4.79 Å². The van der Waals surface area contributed by atoms with Gasteiger partial charge in [0.25, 0.3) is 0 Å². The molecule has 0 saturated carbocycles. The van der Waals surface area contributed by atoms with Gasteiger partial charge < -0.3 is 19.6 Å². The number of amides is 1. The highest BCUT2D eigenvalue weighted by molar-refractivity contribution is 5.67. The Morgan fingerprint density at radius 2 is 2.00 bits per heavy atom. The van der Waals surface area contributed by atoms with E-state index in [9.17, 15) is 9.90 Å². The summed E-state index contributed by atoms with van der Waals surface area (Å²) < 4.78 is 5.30. The molecule has 1 saturated heterocycles. The Hall–Kier alpha value is -1.91. The summed E-state index contributed by atoms with van der Waals surface area (Å²) >= 11 is 0. The number of nitrogens with zero attached hydrogens (tertiary/aromatic N) is 2. The monoisotopic (exact) mass is 306 g/mol. The molecule has 122 valence electrons. The third-order valence-electron chi connectivity index (χ3n) is 4.38. The minimum Gasteiger partial charge on any atom is -0.497 e. The zero-order chi connectivity index (χ0) is 16.5. The van der Waals surface area contributed by atoms with Crippen LogP contribution in [0.3, 0.4) is 0 Å². The number of carboxylic acid groups (broad SMARTS) is 1. The van der Waals surface area contributed by atoms with Gasteiger partial charge >= 0.3 is 6.09 Å². The summed E-state index contributed by atoms with van der Waals surface area (Å²) in [6.45, 7) is 9.59. The standard InChI is InChI=1S/C17H26N2O3/c1-12-15(17(2,3)4)19(16(20)21)10-9-18(12)13-7-6-8-14(11-13)22-5/h6-8,11-12,15H,9-10H2,1-5H3,(H,20,21)/t12?,15-/m0/s1. The molecule has 1 fully saturated rings. The fourth-order valence-electron chi connectivity index (χ4n) is 3.55. The van der Waals surface area contributed by atoms with E-state index in [0.29, 0.717) is 13.1 Å². The number of benzene rings is 1. The van der Waals surface area contributed by atoms with Gasteiger partial charge in [0.05, 0.1) is 13.2 Å². The van der Waals surface area contributed by atoms with Crippen molar-refractivity contribution in [2.75, 3.05) is 25.1 Å². The van der Waals surface area contributed by atoms with Crippen molar-refractivity contribution in [3.05, 3.63) is 24.3 Å². The number of hydrogen-bond acceptors (Lipinski definition) is 3. The van der Waals surface area contributed by atoms with Crippen LogP contribution in [0.4, 0.5) is 10.5 Å². The summed E-state index contributed by atoms with van der Waals surface area (Å²) in [6.07, 6.45) is -0.836. The summed E-state index contributed by atoms with van der Waals surface area (Å²) in [5.74, 6) is 0.817. The molecule has 1 aromatic rings. The van der Waals surface area contributed by atoms with Crippen molar-refractivity contribution in [2.24, 2.45) is 5.41 Å². The van der Waals surface area contributed by atoms with Crippen molar-refractivity contribution in [2.45, 2.75) is 39.8 Å². The van der Waals surface area contributed by atoms with Crippen LogP contribution in [0, 0.1) is 5.41 Å². The molecule has 1 heterocycles. The fraction of sp³-hybridized carbons (Fsp3) is 0.588. The Balaban J connectivity index is 2.34. The number of anilines is 1. The maximum Gasteiger partial charge on any atom is 0.407 e. The molecule has 0 spiro atoms. The summed E-state index contributed by atoms with van der Waals surface area (Å²) in [5.41, 5.74) is 0.946. The molecular weight excluding hydrogens is 280 g/mol. The highest BCUT2D eigenvalue weighted by Gasteiger charge is 2.43. The van der Waals surface area contributed by atoms with Gasteiger partial charge in [0.15, 0.2) is 0 Å². The maximum absolute atomic E-state index is 11.6. The quantitative estimate of drug-likeness (QED) is 0.911. The fourth-order valence-corrected chi connectivity index (χ4v) is 3.55. The van der Waals surface area contributed by atoms with Crippen LogP contribution in [0.2, 0.25) is 0 Å². The van der Waals surface area contributed by atoms with E-state index in [0.717, 1.165) is 11.4 Å². The van der Waals surface area contributed by atoms with Gasteiger partial charge in [-0.2, -0.15) is 0 Å². The Morgan fingerprint density at radius 3 is 2.55 bits per heavy atom. The molecular formula is C17H26N2O3. The summed E-state index contributed by atoms with van der Waals surface area (Å²) in [5, 5.41) is 9.52. The van der Waals surface area contributed by atoms with E-state index in [2.05, 4.69) is 38.7 Å². The van der Waals surface area contributed by atoms with Crippen LogP contribution in [-0.2, 0) is 0 Å². The van der Waals surface area contributed by atoms with Crippen LogP contribution in [0.5, 0.6) is 5.75 Å². The highest BCUT2D eigenvalue weighted by atomic mass is 16.5. The lowest BCUT2D eigenvalue weighted by atomic mass is 9.80. The molecule has 0 radical (unpaired) electrons. The first-order chi connectivity index (χ1) is 10.3. The molecule has 2 rings (SSSR count). The third kappa shape index (κ3) is 3.13. The smallest absolute Gasteiger partial charge is 0.407 e. The maximum atomic E-state index is 11.6. The average Bonchev–Trinajstić information content (AvgIpc) is 2.45. The van der Waals surface area contributed by atoms with Gasteiger partial charge in [0, 0.05) is 30.9 Å². The van der Waals surface area contributed by atoms with Crippen molar-refractivity contribution in [3.8, 4) is 5.75 Å². The Labute approximate surface area is 132 Å². The number of piperazine rings is 1. The van der Waals surface area contributed by atoms with Crippen LogP contribution < -0.4 is 9.64 Å². The number of rotatable bonds is 2. The Kier molecular flexibility index (Phi) is 4.54. The lowest BCUT2D eigenvalue weighted by molar-refractivity contribution is 0.0564. The number of methoxy groups -OCH3 is 1. The molecule has 5 heteroatoms. The topological polar surface area (TPSA) is 53.0 Å².